The van der Waals surface area contributed by atoms with Gasteiger partial charge in [-0.2, -0.15) is 0 Å². The van der Waals surface area contributed by atoms with Crippen LogP contribution in [0.25, 0.3) is 0 Å². The number of thiophene rings is 1. The average Bonchev–Trinajstić information content (AvgIpc) is 2.87. The Morgan fingerprint density at radius 1 is 1.58 bits per heavy atom. The average molecular weight is 283 g/mol. The number of hydrogen-bond acceptors (Lipinski definition) is 4. The molecule has 19 heavy (non-hydrogen) atoms. The predicted octanol–water partition coefficient (Wildman–Crippen LogP) is 2.09. The molecule has 0 radical (unpaired) electrons. The molecule has 0 aliphatic rings. The maximum atomic E-state index is 11.4. The maximum absolute atomic E-state index is 11.4. The van der Waals surface area contributed by atoms with E-state index in [2.05, 4.69) is 24.3 Å². The molecule has 0 aromatic carbocycles. The Morgan fingerprint density at radius 2 is 2.37 bits per heavy atom. The zero-order valence-corrected chi connectivity index (χ0v) is 12.2. The Labute approximate surface area is 117 Å². The van der Waals surface area contributed by atoms with E-state index in [9.17, 15) is 4.79 Å². The first-order chi connectivity index (χ1) is 9.08. The van der Waals surface area contributed by atoms with Crippen LogP contribution in [-0.2, 0) is 16.2 Å². The van der Waals surface area contributed by atoms with E-state index in [-0.39, 0.29) is 12.5 Å². The van der Waals surface area contributed by atoms with E-state index in [0.717, 1.165) is 11.3 Å². The lowest BCUT2D eigenvalue weighted by atomic mass is 10.1. The molecule has 6 heteroatoms. The number of amidine groups is 1. The quantitative estimate of drug-likeness (QED) is 0.436. The second-order valence-corrected chi connectivity index (χ2v) is 5.68. The van der Waals surface area contributed by atoms with Crippen molar-refractivity contribution in [3.63, 3.8) is 0 Å². The van der Waals surface area contributed by atoms with Crippen LogP contribution in [0.4, 0.5) is 0 Å². The molecule has 3 N–H and O–H groups in total. The van der Waals surface area contributed by atoms with Gasteiger partial charge >= 0.3 is 0 Å². The van der Waals surface area contributed by atoms with Gasteiger partial charge in [0.25, 0.3) is 5.91 Å². The highest BCUT2D eigenvalue weighted by atomic mass is 32.1. The van der Waals surface area contributed by atoms with E-state index in [4.69, 9.17) is 10.6 Å². The number of amides is 1. The molecule has 5 nitrogen and oxygen atoms in total. The third kappa shape index (κ3) is 7.46. The van der Waals surface area contributed by atoms with Crippen LogP contribution in [0.1, 0.15) is 31.6 Å². The first-order valence-electron chi connectivity index (χ1n) is 6.31. The number of rotatable bonds is 8. The smallest absolute Gasteiger partial charge is 0.261 e. The number of oxime groups is 1. The van der Waals surface area contributed by atoms with Gasteiger partial charge in [0, 0.05) is 11.3 Å². The molecule has 1 rings (SSSR count). The van der Waals surface area contributed by atoms with Gasteiger partial charge in [-0.3, -0.25) is 4.79 Å². The molecule has 0 atom stereocenters. The summed E-state index contributed by atoms with van der Waals surface area (Å²) in [6, 6.07) is 3.91. The maximum Gasteiger partial charge on any atom is 0.261 e. The fraction of sp³-hybridized carbons (Fsp3) is 0.538. The van der Waals surface area contributed by atoms with E-state index in [1.54, 1.807) is 11.3 Å². The molecule has 0 fully saturated rings. The number of carbonyl (C=O) groups excluding carboxylic acids is 1. The zero-order valence-electron chi connectivity index (χ0n) is 11.4. The molecular formula is C13H21N3O2S. The Morgan fingerprint density at radius 3 is 3.00 bits per heavy atom. The van der Waals surface area contributed by atoms with Gasteiger partial charge in [-0.05, 0) is 23.8 Å². The molecule has 1 heterocycles. The number of hydrogen-bond donors (Lipinski definition) is 2. The van der Waals surface area contributed by atoms with Crippen molar-refractivity contribution in [1.82, 2.24) is 5.32 Å². The fourth-order valence-corrected chi connectivity index (χ4v) is 1.95. The Bertz CT molecular complexity index is 402. The second-order valence-electron chi connectivity index (χ2n) is 4.64. The van der Waals surface area contributed by atoms with Gasteiger partial charge in [0.1, 0.15) is 5.84 Å². The summed E-state index contributed by atoms with van der Waals surface area (Å²) in [6.07, 6.45) is 1.65. The first kappa shape index (κ1) is 15.5. The monoisotopic (exact) mass is 283 g/mol. The van der Waals surface area contributed by atoms with Crippen LogP contribution in [-0.4, -0.2) is 18.3 Å². The molecule has 0 unspecified atom stereocenters. The largest absolute Gasteiger partial charge is 0.384 e. The van der Waals surface area contributed by atoms with Crippen LogP contribution in [0.2, 0.25) is 0 Å². The molecule has 0 aliphatic heterocycles. The zero-order chi connectivity index (χ0) is 14.1. The van der Waals surface area contributed by atoms with Gasteiger partial charge in [-0.15, -0.1) is 11.3 Å². The van der Waals surface area contributed by atoms with Gasteiger partial charge in [0.2, 0.25) is 0 Å². The standard InChI is InChI=1S/C13H21N3O2S/c1-10(2)5-6-12(14)16-18-9-13(17)15-8-11-4-3-7-19-11/h3-4,7,10H,5-6,8-9H2,1-2H3,(H2,14,16)(H,15,17). The van der Waals surface area contributed by atoms with Crippen molar-refractivity contribution < 1.29 is 9.63 Å². The van der Waals surface area contributed by atoms with Gasteiger partial charge < -0.3 is 15.9 Å². The van der Waals surface area contributed by atoms with Crippen molar-refractivity contribution >= 4 is 23.1 Å². The summed E-state index contributed by atoms with van der Waals surface area (Å²) in [5.74, 6) is 0.802. The molecular weight excluding hydrogens is 262 g/mol. The van der Waals surface area contributed by atoms with E-state index >= 15 is 0 Å². The molecule has 0 bridgehead atoms. The van der Waals surface area contributed by atoms with E-state index in [1.807, 2.05) is 17.5 Å². The van der Waals surface area contributed by atoms with Crippen LogP contribution in [0.15, 0.2) is 22.7 Å². The van der Waals surface area contributed by atoms with Crippen LogP contribution >= 0.6 is 11.3 Å². The number of carbonyl (C=O) groups is 1. The summed E-state index contributed by atoms with van der Waals surface area (Å²) < 4.78 is 0. The fourth-order valence-electron chi connectivity index (χ4n) is 1.31. The Balaban J connectivity index is 2.14. The predicted molar refractivity (Wildman–Crippen MR) is 77.8 cm³/mol. The highest BCUT2D eigenvalue weighted by Gasteiger charge is 2.03. The molecule has 1 aromatic heterocycles. The molecule has 0 aliphatic carbocycles. The first-order valence-corrected chi connectivity index (χ1v) is 7.19. The van der Waals surface area contributed by atoms with Crippen LogP contribution < -0.4 is 11.1 Å². The number of nitrogens with one attached hydrogen (secondary N) is 1. The third-order valence-electron chi connectivity index (χ3n) is 2.40. The van der Waals surface area contributed by atoms with Crippen LogP contribution in [0.5, 0.6) is 0 Å². The summed E-state index contributed by atoms with van der Waals surface area (Å²) >= 11 is 1.60. The summed E-state index contributed by atoms with van der Waals surface area (Å²) in [4.78, 5) is 17.5. The minimum absolute atomic E-state index is 0.103. The summed E-state index contributed by atoms with van der Waals surface area (Å²) in [6.45, 7) is 4.65. The molecule has 1 amide bonds. The van der Waals surface area contributed by atoms with Crippen molar-refractivity contribution in [2.24, 2.45) is 16.8 Å². The SMILES string of the molecule is CC(C)CC/C(N)=N/OCC(=O)NCc1cccs1. The third-order valence-corrected chi connectivity index (χ3v) is 3.27. The highest BCUT2D eigenvalue weighted by molar-refractivity contribution is 7.09. The van der Waals surface area contributed by atoms with E-state index in [1.165, 1.54) is 0 Å². The van der Waals surface area contributed by atoms with Crippen LogP contribution in [0.3, 0.4) is 0 Å². The minimum atomic E-state index is -0.200. The van der Waals surface area contributed by atoms with Crippen LogP contribution in [0, 0.1) is 5.92 Å². The lowest BCUT2D eigenvalue weighted by molar-refractivity contribution is -0.125. The molecule has 0 saturated carbocycles. The van der Waals surface area contributed by atoms with Gasteiger partial charge in [0.05, 0.1) is 6.54 Å². The number of nitrogens with zero attached hydrogens (tertiary/aromatic N) is 1. The van der Waals surface area contributed by atoms with Crippen molar-refractivity contribution in [3.05, 3.63) is 22.4 Å². The minimum Gasteiger partial charge on any atom is -0.384 e. The van der Waals surface area contributed by atoms with Gasteiger partial charge in [0.15, 0.2) is 6.61 Å². The molecule has 0 saturated heterocycles. The van der Waals surface area contributed by atoms with Gasteiger partial charge in [-0.1, -0.05) is 25.1 Å². The van der Waals surface area contributed by atoms with E-state index < -0.39 is 0 Å². The Kier molecular flexibility index (Phi) is 6.95. The lowest BCUT2D eigenvalue weighted by Gasteiger charge is -2.05. The highest BCUT2D eigenvalue weighted by Crippen LogP contribution is 2.07. The Hall–Kier alpha value is -1.56. The van der Waals surface area contributed by atoms with Crippen molar-refractivity contribution in [2.45, 2.75) is 33.2 Å². The second kappa shape index (κ2) is 8.53. The lowest BCUT2D eigenvalue weighted by Crippen LogP contribution is -2.26. The van der Waals surface area contributed by atoms with E-state index in [0.29, 0.717) is 24.7 Å². The van der Waals surface area contributed by atoms with Crippen molar-refractivity contribution in [3.8, 4) is 0 Å². The normalized spacial score (nSPS) is 11.6. The van der Waals surface area contributed by atoms with Crippen molar-refractivity contribution in [2.75, 3.05) is 6.61 Å². The summed E-state index contributed by atoms with van der Waals surface area (Å²) in [7, 11) is 0. The van der Waals surface area contributed by atoms with Gasteiger partial charge in [-0.25, -0.2) is 0 Å². The number of nitrogens with two attached hydrogens (primary N) is 1. The molecule has 0 spiro atoms. The molecule has 1 aromatic rings. The van der Waals surface area contributed by atoms with Crippen molar-refractivity contribution in [1.29, 1.82) is 0 Å². The summed E-state index contributed by atoms with van der Waals surface area (Å²) in [5, 5.41) is 8.43. The molecule has 106 valence electrons. The topological polar surface area (TPSA) is 76.7 Å². The summed E-state index contributed by atoms with van der Waals surface area (Å²) in [5.41, 5.74) is 5.65.